The highest BCUT2D eigenvalue weighted by molar-refractivity contribution is 5.90. The Labute approximate surface area is 105 Å². The van der Waals surface area contributed by atoms with Gasteiger partial charge in [-0.25, -0.2) is 4.79 Å². The number of benzene rings is 1. The summed E-state index contributed by atoms with van der Waals surface area (Å²) >= 11 is 0. The molecule has 1 aromatic rings. The Kier molecular flexibility index (Phi) is 4.04. The summed E-state index contributed by atoms with van der Waals surface area (Å²) < 4.78 is 15.7. The van der Waals surface area contributed by atoms with Gasteiger partial charge in [-0.2, -0.15) is 0 Å². The predicted octanol–water partition coefficient (Wildman–Crippen LogP) is 1.39. The third-order valence-corrected chi connectivity index (χ3v) is 2.53. The maximum atomic E-state index is 11.4. The Morgan fingerprint density at radius 1 is 1.39 bits per heavy atom. The van der Waals surface area contributed by atoms with E-state index in [0.717, 1.165) is 12.8 Å². The molecule has 18 heavy (non-hydrogen) atoms. The maximum absolute atomic E-state index is 11.4. The minimum absolute atomic E-state index is 0.0919. The lowest BCUT2D eigenvalue weighted by Gasteiger charge is -2.12. The van der Waals surface area contributed by atoms with Crippen molar-refractivity contribution in [1.82, 2.24) is 0 Å². The van der Waals surface area contributed by atoms with Gasteiger partial charge >= 0.3 is 5.97 Å². The predicted molar refractivity (Wildman–Crippen MR) is 64.0 cm³/mol. The number of ether oxygens (including phenoxy) is 3. The van der Waals surface area contributed by atoms with Gasteiger partial charge in [0.25, 0.3) is 0 Å². The second-order valence-electron chi connectivity index (χ2n) is 4.04. The second kappa shape index (κ2) is 5.73. The average Bonchev–Trinajstić information content (AvgIpc) is 3.20. The van der Waals surface area contributed by atoms with Crippen molar-refractivity contribution in [2.45, 2.75) is 18.9 Å². The summed E-state index contributed by atoms with van der Waals surface area (Å²) in [7, 11) is 1.32. The fraction of sp³-hybridized carbons (Fsp3) is 0.462. The first-order valence-electron chi connectivity index (χ1n) is 5.87. The number of methoxy groups -OCH3 is 1. The molecule has 0 aromatic heterocycles. The normalized spacial score (nSPS) is 14.1. The van der Waals surface area contributed by atoms with Crippen LogP contribution in [0.15, 0.2) is 18.2 Å². The summed E-state index contributed by atoms with van der Waals surface area (Å²) in [5, 5.41) is 8.78. The van der Waals surface area contributed by atoms with Crippen molar-refractivity contribution >= 4 is 5.97 Å². The summed E-state index contributed by atoms with van der Waals surface area (Å²) in [4.78, 5) is 11.4. The summed E-state index contributed by atoms with van der Waals surface area (Å²) in [6.45, 7) is 0.0664. The van der Waals surface area contributed by atoms with E-state index in [1.807, 2.05) is 0 Å². The van der Waals surface area contributed by atoms with Crippen LogP contribution in [-0.2, 0) is 4.74 Å². The zero-order valence-corrected chi connectivity index (χ0v) is 10.2. The molecule has 5 heteroatoms. The molecule has 0 heterocycles. The van der Waals surface area contributed by atoms with Crippen molar-refractivity contribution in [3.05, 3.63) is 23.8 Å². The van der Waals surface area contributed by atoms with Crippen LogP contribution in [0.5, 0.6) is 11.5 Å². The summed E-state index contributed by atoms with van der Waals surface area (Å²) in [6.07, 6.45) is 2.32. The number of aliphatic hydroxyl groups excluding tert-OH is 1. The minimum Gasteiger partial charge on any atom is -0.487 e. The van der Waals surface area contributed by atoms with Gasteiger partial charge in [-0.3, -0.25) is 0 Å². The Morgan fingerprint density at radius 3 is 2.78 bits per heavy atom. The molecule has 1 aliphatic carbocycles. The van der Waals surface area contributed by atoms with E-state index < -0.39 is 5.97 Å². The lowest BCUT2D eigenvalue weighted by molar-refractivity contribution is 0.0600. The van der Waals surface area contributed by atoms with Crippen LogP contribution in [0.2, 0.25) is 0 Å². The molecule has 1 N–H and O–H groups in total. The number of hydrogen-bond acceptors (Lipinski definition) is 5. The van der Waals surface area contributed by atoms with Crippen LogP contribution in [-0.4, -0.2) is 37.5 Å². The molecule has 98 valence electrons. The Hall–Kier alpha value is -1.75. The number of esters is 1. The molecule has 0 amide bonds. The Balaban J connectivity index is 2.18. The van der Waals surface area contributed by atoms with Gasteiger partial charge in [0.1, 0.15) is 6.61 Å². The smallest absolute Gasteiger partial charge is 0.337 e. The van der Waals surface area contributed by atoms with Crippen molar-refractivity contribution < 1.29 is 24.1 Å². The highest BCUT2D eigenvalue weighted by Gasteiger charge is 2.25. The van der Waals surface area contributed by atoms with Crippen LogP contribution in [0.3, 0.4) is 0 Å². The monoisotopic (exact) mass is 252 g/mol. The van der Waals surface area contributed by atoms with Crippen molar-refractivity contribution in [3.63, 3.8) is 0 Å². The van der Waals surface area contributed by atoms with Crippen LogP contribution < -0.4 is 9.47 Å². The molecular weight excluding hydrogens is 236 g/mol. The molecular formula is C13H16O5. The van der Waals surface area contributed by atoms with Crippen molar-refractivity contribution in [2.75, 3.05) is 20.3 Å². The molecule has 0 radical (unpaired) electrons. The van der Waals surface area contributed by atoms with Gasteiger partial charge in [0.2, 0.25) is 0 Å². The SMILES string of the molecule is COC(=O)c1ccc(OC2CC2)c(OCCO)c1. The molecule has 1 aliphatic rings. The molecule has 2 rings (SSSR count). The standard InChI is InChI=1S/C13H16O5/c1-16-13(15)9-2-5-11(18-10-3-4-10)12(8-9)17-7-6-14/h2,5,8,10,14H,3-4,6-7H2,1H3. The number of carbonyl (C=O) groups excluding carboxylic acids is 1. The lowest BCUT2D eigenvalue weighted by atomic mass is 10.2. The average molecular weight is 252 g/mol. The molecule has 0 saturated heterocycles. The van der Waals surface area contributed by atoms with Crippen molar-refractivity contribution in [2.24, 2.45) is 0 Å². The van der Waals surface area contributed by atoms with Gasteiger partial charge in [0.05, 0.1) is 25.4 Å². The second-order valence-corrected chi connectivity index (χ2v) is 4.04. The first-order chi connectivity index (χ1) is 8.74. The van der Waals surface area contributed by atoms with Gasteiger partial charge in [-0.15, -0.1) is 0 Å². The molecule has 1 fully saturated rings. The molecule has 1 saturated carbocycles. The van der Waals surface area contributed by atoms with Gasteiger partial charge in [-0.1, -0.05) is 0 Å². The summed E-state index contributed by atoms with van der Waals surface area (Å²) in [5.74, 6) is 0.624. The van der Waals surface area contributed by atoms with Crippen molar-refractivity contribution in [1.29, 1.82) is 0 Å². The third kappa shape index (κ3) is 3.13. The lowest BCUT2D eigenvalue weighted by Crippen LogP contribution is -2.07. The van der Waals surface area contributed by atoms with Gasteiger partial charge in [-0.05, 0) is 31.0 Å². The van der Waals surface area contributed by atoms with Crippen LogP contribution in [0, 0.1) is 0 Å². The summed E-state index contributed by atoms with van der Waals surface area (Å²) in [5.41, 5.74) is 0.397. The quantitative estimate of drug-likeness (QED) is 0.775. The van der Waals surface area contributed by atoms with E-state index in [-0.39, 0.29) is 19.3 Å². The first kappa shape index (κ1) is 12.7. The molecule has 5 nitrogen and oxygen atoms in total. The van der Waals surface area contributed by atoms with E-state index in [1.165, 1.54) is 7.11 Å². The first-order valence-corrected chi connectivity index (χ1v) is 5.87. The van der Waals surface area contributed by atoms with Crippen molar-refractivity contribution in [3.8, 4) is 11.5 Å². The van der Waals surface area contributed by atoms with E-state index in [1.54, 1.807) is 18.2 Å². The topological polar surface area (TPSA) is 65.0 Å². The van der Waals surface area contributed by atoms with Crippen LogP contribution in [0.4, 0.5) is 0 Å². The van der Waals surface area contributed by atoms with E-state index in [2.05, 4.69) is 4.74 Å². The van der Waals surface area contributed by atoms with Gasteiger partial charge in [0.15, 0.2) is 11.5 Å². The Morgan fingerprint density at radius 2 is 2.17 bits per heavy atom. The largest absolute Gasteiger partial charge is 0.487 e. The highest BCUT2D eigenvalue weighted by Crippen LogP contribution is 2.34. The van der Waals surface area contributed by atoms with Crippen LogP contribution >= 0.6 is 0 Å². The Bertz CT molecular complexity index is 425. The zero-order valence-electron chi connectivity index (χ0n) is 10.2. The van der Waals surface area contributed by atoms with Crippen LogP contribution in [0.25, 0.3) is 0 Å². The fourth-order valence-electron chi connectivity index (χ4n) is 1.48. The van der Waals surface area contributed by atoms with E-state index in [4.69, 9.17) is 14.6 Å². The highest BCUT2D eigenvalue weighted by atomic mass is 16.5. The molecule has 1 aromatic carbocycles. The zero-order chi connectivity index (χ0) is 13.0. The van der Waals surface area contributed by atoms with Crippen LogP contribution in [0.1, 0.15) is 23.2 Å². The van der Waals surface area contributed by atoms with Gasteiger partial charge in [0, 0.05) is 0 Å². The number of hydrogen-bond donors (Lipinski definition) is 1. The number of rotatable bonds is 6. The third-order valence-electron chi connectivity index (χ3n) is 2.53. The minimum atomic E-state index is -0.429. The molecule has 0 atom stereocenters. The summed E-state index contributed by atoms with van der Waals surface area (Å²) in [6, 6.07) is 4.89. The fourth-order valence-corrected chi connectivity index (χ4v) is 1.48. The van der Waals surface area contributed by atoms with E-state index in [9.17, 15) is 4.79 Å². The van der Waals surface area contributed by atoms with E-state index >= 15 is 0 Å². The number of carbonyl (C=O) groups is 1. The molecule has 0 bridgehead atoms. The molecule has 0 spiro atoms. The molecule has 0 aliphatic heterocycles. The van der Waals surface area contributed by atoms with Gasteiger partial charge < -0.3 is 19.3 Å². The number of aliphatic hydroxyl groups is 1. The maximum Gasteiger partial charge on any atom is 0.337 e. The molecule has 0 unspecified atom stereocenters. The van der Waals surface area contributed by atoms with E-state index in [0.29, 0.717) is 17.1 Å².